The van der Waals surface area contributed by atoms with Gasteiger partial charge in [-0.15, -0.1) is 0 Å². The Morgan fingerprint density at radius 2 is 2.10 bits per heavy atom. The number of ether oxygens (including phenoxy) is 2. The number of hydrogen-bond acceptors (Lipinski definition) is 7. The second-order valence-corrected chi connectivity index (χ2v) is 8.61. The molecule has 31 heavy (non-hydrogen) atoms. The van der Waals surface area contributed by atoms with Gasteiger partial charge in [0.2, 0.25) is 0 Å². The summed E-state index contributed by atoms with van der Waals surface area (Å²) in [6.07, 6.45) is 14.0. The number of hydrogen-bond donors (Lipinski definition) is 0. The zero-order valence-corrected chi connectivity index (χ0v) is 17.8. The molecule has 1 aromatic heterocycles. The van der Waals surface area contributed by atoms with Crippen LogP contribution in [-0.4, -0.2) is 64.3 Å². The lowest BCUT2D eigenvalue weighted by molar-refractivity contribution is -0.140. The highest BCUT2D eigenvalue weighted by atomic mass is 16.6. The molecule has 1 amide bonds. The van der Waals surface area contributed by atoms with Crippen molar-refractivity contribution in [2.24, 2.45) is 5.92 Å². The van der Waals surface area contributed by atoms with Crippen LogP contribution in [0.1, 0.15) is 49.5 Å². The van der Waals surface area contributed by atoms with Crippen LogP contribution >= 0.6 is 0 Å². The van der Waals surface area contributed by atoms with Crippen LogP contribution in [0, 0.1) is 5.92 Å². The molecule has 4 aliphatic rings. The van der Waals surface area contributed by atoms with Crippen LogP contribution in [0.3, 0.4) is 0 Å². The van der Waals surface area contributed by atoms with Crippen molar-refractivity contribution in [3.8, 4) is 0 Å². The van der Waals surface area contributed by atoms with Gasteiger partial charge in [-0.25, -0.2) is 14.8 Å². The first-order chi connectivity index (χ1) is 15.1. The lowest BCUT2D eigenvalue weighted by Crippen LogP contribution is -2.52. The van der Waals surface area contributed by atoms with Gasteiger partial charge in [-0.3, -0.25) is 4.79 Å². The predicted octanol–water partition coefficient (Wildman–Crippen LogP) is 2.47. The summed E-state index contributed by atoms with van der Waals surface area (Å²) in [6.45, 7) is 3.35. The van der Waals surface area contributed by atoms with Gasteiger partial charge in [-0.1, -0.05) is 24.3 Å². The highest BCUT2D eigenvalue weighted by Crippen LogP contribution is 2.45. The minimum Gasteiger partial charge on any atom is -0.461 e. The van der Waals surface area contributed by atoms with E-state index in [4.69, 9.17) is 9.47 Å². The molecule has 164 valence electrons. The fraction of sp³-hybridized carbons (Fsp3) is 0.565. The average molecular weight is 425 g/mol. The third-order valence-corrected chi connectivity index (χ3v) is 6.90. The van der Waals surface area contributed by atoms with Gasteiger partial charge >= 0.3 is 5.97 Å². The lowest BCUT2D eigenvalue weighted by Gasteiger charge is -2.38. The predicted molar refractivity (Wildman–Crippen MR) is 113 cm³/mol. The van der Waals surface area contributed by atoms with Crippen molar-refractivity contribution in [3.63, 3.8) is 0 Å². The van der Waals surface area contributed by atoms with E-state index in [0.29, 0.717) is 44.3 Å². The van der Waals surface area contributed by atoms with Crippen LogP contribution < -0.4 is 4.90 Å². The van der Waals surface area contributed by atoms with Crippen molar-refractivity contribution in [3.05, 3.63) is 42.4 Å². The molecule has 0 bridgehead atoms. The number of piperidine rings is 1. The highest BCUT2D eigenvalue weighted by molar-refractivity contribution is 5.89. The number of esters is 1. The van der Waals surface area contributed by atoms with Crippen LogP contribution in [-0.2, 0) is 14.3 Å². The summed E-state index contributed by atoms with van der Waals surface area (Å²) in [6, 6.07) is 1.88. The fourth-order valence-electron chi connectivity index (χ4n) is 5.32. The normalized spacial score (nSPS) is 28.9. The Kier molecular flexibility index (Phi) is 5.25. The summed E-state index contributed by atoms with van der Waals surface area (Å²) in [4.78, 5) is 38.0. The van der Waals surface area contributed by atoms with Gasteiger partial charge in [0.05, 0.1) is 6.61 Å². The van der Waals surface area contributed by atoms with Gasteiger partial charge < -0.3 is 19.3 Å². The van der Waals surface area contributed by atoms with Gasteiger partial charge in [0.1, 0.15) is 18.4 Å². The molecule has 0 radical (unpaired) electrons. The molecule has 1 spiro atoms. The Bertz CT molecular complexity index is 922. The topological polar surface area (TPSA) is 84.9 Å². The average Bonchev–Trinajstić information content (AvgIpc) is 3.33. The van der Waals surface area contributed by atoms with Crippen molar-refractivity contribution in [1.29, 1.82) is 0 Å². The van der Waals surface area contributed by atoms with Crippen LogP contribution in [0.4, 0.5) is 5.82 Å². The third kappa shape index (κ3) is 3.52. The number of fused-ring (bicyclic) bond motifs is 1. The highest BCUT2D eigenvalue weighted by Gasteiger charge is 2.58. The van der Waals surface area contributed by atoms with Crippen molar-refractivity contribution in [1.82, 2.24) is 14.9 Å². The van der Waals surface area contributed by atoms with Crippen LogP contribution in [0.15, 0.2) is 36.7 Å². The van der Waals surface area contributed by atoms with E-state index in [9.17, 15) is 9.59 Å². The first-order valence-corrected chi connectivity index (χ1v) is 11.2. The van der Waals surface area contributed by atoms with Crippen LogP contribution in [0.2, 0.25) is 0 Å². The summed E-state index contributed by atoms with van der Waals surface area (Å²) in [7, 11) is 0. The standard InChI is InChI=1S/C23H28N4O4/c1-2-30-21(28)17-14-19(25-15-24-17)26-12-10-23(11-13-26)22(29)27-18(8-9-20(27)31-23)16-6-4-3-5-7-16/h3-6,14-16,18,20H,2,7-13H2,1H3/t16?,18-,20+/m0/s1. The van der Waals surface area contributed by atoms with Crippen molar-refractivity contribution in [2.45, 2.75) is 56.9 Å². The number of amides is 1. The van der Waals surface area contributed by atoms with Gasteiger partial charge in [0, 0.05) is 44.0 Å². The van der Waals surface area contributed by atoms with E-state index in [-0.39, 0.29) is 23.9 Å². The van der Waals surface area contributed by atoms with Crippen molar-refractivity contribution >= 4 is 17.7 Å². The minimum absolute atomic E-state index is 0.0992. The summed E-state index contributed by atoms with van der Waals surface area (Å²) >= 11 is 0. The third-order valence-electron chi connectivity index (χ3n) is 6.90. The number of carbonyl (C=O) groups excluding carboxylic acids is 2. The summed E-state index contributed by atoms with van der Waals surface area (Å²) in [5, 5.41) is 0. The maximum Gasteiger partial charge on any atom is 0.357 e. The smallest absolute Gasteiger partial charge is 0.357 e. The largest absolute Gasteiger partial charge is 0.461 e. The second-order valence-electron chi connectivity index (χ2n) is 8.61. The Morgan fingerprint density at radius 3 is 2.84 bits per heavy atom. The van der Waals surface area contributed by atoms with Crippen molar-refractivity contribution in [2.75, 3.05) is 24.6 Å². The summed E-state index contributed by atoms with van der Waals surface area (Å²) in [5.41, 5.74) is -0.483. The number of rotatable bonds is 4. The maximum absolute atomic E-state index is 13.5. The minimum atomic E-state index is -0.731. The number of nitrogens with zero attached hydrogens (tertiary/aromatic N) is 4. The molecule has 4 heterocycles. The molecule has 3 atom stereocenters. The van der Waals surface area contributed by atoms with Crippen molar-refractivity contribution < 1.29 is 19.1 Å². The van der Waals surface area contributed by atoms with E-state index < -0.39 is 11.6 Å². The molecule has 5 rings (SSSR count). The molecule has 3 aliphatic heterocycles. The van der Waals surface area contributed by atoms with E-state index in [1.807, 2.05) is 4.90 Å². The van der Waals surface area contributed by atoms with E-state index in [1.165, 1.54) is 6.33 Å². The van der Waals surface area contributed by atoms with Crippen LogP contribution in [0.25, 0.3) is 0 Å². The molecule has 0 aromatic carbocycles. The second kappa shape index (κ2) is 8.07. The summed E-state index contributed by atoms with van der Waals surface area (Å²) in [5.74, 6) is 0.751. The van der Waals surface area contributed by atoms with Gasteiger partial charge in [0.15, 0.2) is 11.3 Å². The SMILES string of the molecule is CCOC(=O)c1cc(N2CCC3(CC2)O[C@@H]2CC[C@@H](C4C=CC=CC4)N2C3=O)ncn1. The number of aromatic nitrogens is 2. The Balaban J connectivity index is 1.27. The Hall–Kier alpha value is -2.74. The van der Waals surface area contributed by atoms with E-state index in [1.54, 1.807) is 13.0 Å². The van der Waals surface area contributed by atoms with E-state index in [2.05, 4.69) is 39.2 Å². The van der Waals surface area contributed by atoms with E-state index in [0.717, 1.165) is 19.3 Å². The quantitative estimate of drug-likeness (QED) is 0.687. The first kappa shape index (κ1) is 20.2. The fourth-order valence-corrected chi connectivity index (χ4v) is 5.32. The molecular weight excluding hydrogens is 396 g/mol. The van der Waals surface area contributed by atoms with Gasteiger partial charge in [-0.2, -0.15) is 0 Å². The molecular formula is C23H28N4O4. The lowest BCUT2D eigenvalue weighted by atomic mass is 9.87. The zero-order valence-electron chi connectivity index (χ0n) is 17.8. The molecule has 1 unspecified atom stereocenters. The van der Waals surface area contributed by atoms with Gasteiger partial charge in [-0.05, 0) is 26.2 Å². The number of anilines is 1. The molecule has 0 N–H and O–H groups in total. The Morgan fingerprint density at radius 1 is 1.26 bits per heavy atom. The first-order valence-electron chi connectivity index (χ1n) is 11.2. The number of carbonyl (C=O) groups is 2. The van der Waals surface area contributed by atoms with E-state index >= 15 is 0 Å². The molecule has 3 fully saturated rings. The molecule has 3 saturated heterocycles. The Labute approximate surface area is 181 Å². The molecule has 8 nitrogen and oxygen atoms in total. The maximum atomic E-state index is 13.5. The molecule has 1 aromatic rings. The zero-order chi connectivity index (χ0) is 21.4. The monoisotopic (exact) mass is 424 g/mol. The number of allylic oxidation sites excluding steroid dienone is 3. The molecule has 8 heteroatoms. The molecule has 0 saturated carbocycles. The van der Waals surface area contributed by atoms with Gasteiger partial charge in [0.25, 0.3) is 5.91 Å². The summed E-state index contributed by atoms with van der Waals surface area (Å²) < 4.78 is 11.5. The molecule has 1 aliphatic carbocycles. The van der Waals surface area contributed by atoms with Crippen LogP contribution in [0.5, 0.6) is 0 Å².